The molecule has 1 atom stereocenters. The molecule has 6 heteroatoms. The maximum Gasteiger partial charge on any atom is 0.201 e. The number of ether oxygens (including phenoxy) is 1. The van der Waals surface area contributed by atoms with Crippen LogP contribution in [0.15, 0.2) is 17.5 Å². The second-order valence-electron chi connectivity index (χ2n) is 6.17. The van der Waals surface area contributed by atoms with E-state index in [1.807, 2.05) is 22.1 Å². The number of fused-ring (bicyclic) bond motifs is 3. The van der Waals surface area contributed by atoms with Crippen LogP contribution in [0.2, 0.25) is 0 Å². The number of carbonyl (C=O) groups is 1. The smallest absolute Gasteiger partial charge is 0.201 e. The maximum atomic E-state index is 12.8. The number of nitrogens with zero attached hydrogens (tertiary/aromatic N) is 2. The highest BCUT2D eigenvalue weighted by Gasteiger charge is 2.47. The van der Waals surface area contributed by atoms with Crippen LogP contribution in [0.3, 0.4) is 0 Å². The van der Waals surface area contributed by atoms with Crippen LogP contribution in [0.1, 0.15) is 16.9 Å². The Labute approximate surface area is 132 Å². The largest absolute Gasteiger partial charge is 0.370 e. The van der Waals surface area contributed by atoms with Gasteiger partial charge in [0.15, 0.2) is 0 Å². The van der Waals surface area contributed by atoms with Crippen LogP contribution in [0.25, 0.3) is 10.2 Å². The van der Waals surface area contributed by atoms with Crippen molar-refractivity contribution >= 4 is 27.3 Å². The number of quaternary nitrogens is 1. The van der Waals surface area contributed by atoms with Gasteiger partial charge in [-0.05, 0) is 17.5 Å². The average molecular weight is 316 g/mol. The first-order valence-corrected chi connectivity index (χ1v) is 8.56. The molecule has 2 aliphatic rings. The summed E-state index contributed by atoms with van der Waals surface area (Å²) in [6.07, 6.45) is 0.630. The zero-order valence-electron chi connectivity index (χ0n) is 12.3. The van der Waals surface area contributed by atoms with Crippen LogP contribution < -0.4 is 4.90 Å². The molecule has 1 fully saturated rings. The molecule has 0 spiro atoms. The fraction of sp³-hybridized carbons (Fsp3) is 0.500. The van der Waals surface area contributed by atoms with E-state index in [2.05, 4.69) is 6.07 Å². The average Bonchev–Trinajstić information content (AvgIpc) is 3.20. The lowest BCUT2D eigenvalue weighted by atomic mass is 9.82. The lowest BCUT2D eigenvalue weighted by molar-refractivity contribution is -0.908. The Morgan fingerprint density at radius 2 is 2.27 bits per heavy atom. The predicted molar refractivity (Wildman–Crippen MR) is 83.2 cm³/mol. The normalized spacial score (nSPS) is 25.5. The molecular formula is C16H18N3O2S+. The molecule has 0 aliphatic carbocycles. The van der Waals surface area contributed by atoms with Crippen molar-refractivity contribution in [3.05, 3.63) is 23.2 Å². The van der Waals surface area contributed by atoms with Gasteiger partial charge in [0.25, 0.3) is 0 Å². The fourth-order valence-corrected chi connectivity index (χ4v) is 4.38. The monoisotopic (exact) mass is 316 g/mol. The molecular weight excluding hydrogens is 298 g/mol. The summed E-state index contributed by atoms with van der Waals surface area (Å²) in [5.74, 6) is 0.00561. The first-order chi connectivity index (χ1) is 10.7. The Bertz CT molecular complexity index is 766. The molecule has 0 unspecified atom stereocenters. The van der Waals surface area contributed by atoms with Crippen molar-refractivity contribution in [2.24, 2.45) is 5.41 Å². The summed E-state index contributed by atoms with van der Waals surface area (Å²) in [7, 11) is 0. The van der Waals surface area contributed by atoms with Gasteiger partial charge >= 0.3 is 0 Å². The molecule has 22 heavy (non-hydrogen) atoms. The van der Waals surface area contributed by atoms with Crippen molar-refractivity contribution in [2.75, 3.05) is 32.8 Å². The number of carbonyl (C=O) groups excluding carboxylic acids is 1. The van der Waals surface area contributed by atoms with Gasteiger partial charge in [-0.25, -0.2) is 0 Å². The Hall–Kier alpha value is -1.68. The first-order valence-electron chi connectivity index (χ1n) is 7.68. The standard InChI is InChI=1S/C16H17N3O2S/c17-10-16(2-3-18-4-6-21-7-5-18)11-19-12-1-8-22-14(12)9-13(19)15(16)20/h1,8-9H,2-7,11H2/p+1/t16-/m0/s1. The number of nitriles is 1. The molecule has 1 N–H and O–H groups in total. The van der Waals surface area contributed by atoms with Gasteiger partial charge in [0.2, 0.25) is 5.78 Å². The van der Waals surface area contributed by atoms with E-state index in [9.17, 15) is 10.1 Å². The summed E-state index contributed by atoms with van der Waals surface area (Å²) in [5.41, 5.74) is 0.918. The molecule has 0 aromatic carbocycles. The molecule has 4 rings (SSSR count). The van der Waals surface area contributed by atoms with E-state index >= 15 is 0 Å². The van der Waals surface area contributed by atoms with Crippen molar-refractivity contribution in [1.82, 2.24) is 4.57 Å². The third kappa shape index (κ3) is 2.01. The molecule has 114 valence electrons. The van der Waals surface area contributed by atoms with E-state index < -0.39 is 5.41 Å². The highest BCUT2D eigenvalue weighted by Crippen LogP contribution is 2.39. The maximum absolute atomic E-state index is 12.8. The second-order valence-corrected chi connectivity index (χ2v) is 7.12. The number of rotatable bonds is 3. The summed E-state index contributed by atoms with van der Waals surface area (Å²) in [5, 5.41) is 11.7. The van der Waals surface area contributed by atoms with Crippen molar-refractivity contribution in [3.8, 4) is 6.07 Å². The summed E-state index contributed by atoms with van der Waals surface area (Å²) in [6, 6.07) is 6.33. The van der Waals surface area contributed by atoms with E-state index in [-0.39, 0.29) is 5.78 Å². The molecule has 2 aromatic heterocycles. The Morgan fingerprint density at radius 3 is 3.05 bits per heavy atom. The molecule has 5 nitrogen and oxygen atoms in total. The summed E-state index contributed by atoms with van der Waals surface area (Å²) < 4.78 is 8.53. The summed E-state index contributed by atoms with van der Waals surface area (Å²) >= 11 is 1.64. The molecule has 0 bridgehead atoms. The van der Waals surface area contributed by atoms with Gasteiger partial charge < -0.3 is 14.2 Å². The third-order valence-electron chi connectivity index (χ3n) is 4.94. The summed E-state index contributed by atoms with van der Waals surface area (Å²) in [4.78, 5) is 14.3. The van der Waals surface area contributed by atoms with Gasteiger partial charge in [0.05, 0.1) is 41.7 Å². The second kappa shape index (κ2) is 5.20. The minimum absolute atomic E-state index is 0.00561. The highest BCUT2D eigenvalue weighted by atomic mass is 32.1. The van der Waals surface area contributed by atoms with Crippen LogP contribution in [0, 0.1) is 16.7 Å². The molecule has 4 heterocycles. The van der Waals surface area contributed by atoms with Crippen LogP contribution in [0.5, 0.6) is 0 Å². The molecule has 0 saturated carbocycles. The molecule has 1 saturated heterocycles. The van der Waals surface area contributed by atoms with Crippen LogP contribution in [0.4, 0.5) is 0 Å². The lowest BCUT2D eigenvalue weighted by Gasteiger charge is -2.26. The van der Waals surface area contributed by atoms with Gasteiger partial charge in [-0.1, -0.05) is 0 Å². The van der Waals surface area contributed by atoms with Gasteiger partial charge in [-0.2, -0.15) is 5.26 Å². The van der Waals surface area contributed by atoms with E-state index in [0.29, 0.717) is 18.7 Å². The quantitative estimate of drug-likeness (QED) is 0.907. The highest BCUT2D eigenvalue weighted by molar-refractivity contribution is 7.17. The van der Waals surface area contributed by atoms with Gasteiger partial charge in [0.1, 0.15) is 18.5 Å². The Kier molecular flexibility index (Phi) is 3.30. The summed E-state index contributed by atoms with van der Waals surface area (Å²) in [6.45, 7) is 4.85. The number of aromatic nitrogens is 1. The van der Waals surface area contributed by atoms with E-state index in [1.165, 1.54) is 4.90 Å². The van der Waals surface area contributed by atoms with E-state index in [0.717, 1.165) is 43.1 Å². The molecule has 2 aromatic rings. The van der Waals surface area contributed by atoms with E-state index in [1.54, 1.807) is 11.3 Å². The SMILES string of the molecule is N#C[C@@]1(CC[NH+]2CCOCC2)Cn2c(cc3sccc32)C1=O. The minimum atomic E-state index is -0.878. The van der Waals surface area contributed by atoms with Crippen LogP contribution in [-0.4, -0.2) is 43.2 Å². The van der Waals surface area contributed by atoms with Crippen molar-refractivity contribution < 1.29 is 14.4 Å². The lowest BCUT2D eigenvalue weighted by Crippen LogP contribution is -3.14. The minimum Gasteiger partial charge on any atom is -0.370 e. The number of thiophene rings is 1. The van der Waals surface area contributed by atoms with Crippen molar-refractivity contribution in [2.45, 2.75) is 13.0 Å². The first kappa shape index (κ1) is 13.9. The Morgan fingerprint density at radius 1 is 1.45 bits per heavy atom. The predicted octanol–water partition coefficient (Wildman–Crippen LogP) is 0.714. The third-order valence-corrected chi connectivity index (χ3v) is 5.79. The molecule has 0 amide bonds. The van der Waals surface area contributed by atoms with Crippen molar-refractivity contribution in [3.63, 3.8) is 0 Å². The molecule has 0 radical (unpaired) electrons. The zero-order chi connectivity index (χ0) is 15.2. The van der Waals surface area contributed by atoms with Crippen LogP contribution >= 0.6 is 11.3 Å². The van der Waals surface area contributed by atoms with Gasteiger partial charge in [-0.3, -0.25) is 4.79 Å². The Balaban J connectivity index is 1.57. The van der Waals surface area contributed by atoms with Gasteiger partial charge in [0, 0.05) is 13.0 Å². The van der Waals surface area contributed by atoms with Gasteiger partial charge in [-0.15, -0.1) is 11.3 Å². The van der Waals surface area contributed by atoms with E-state index in [4.69, 9.17) is 4.74 Å². The number of Topliss-reactive ketones (excluding diaryl/α,β-unsaturated/α-hetero) is 1. The zero-order valence-corrected chi connectivity index (χ0v) is 13.1. The molecule has 2 aliphatic heterocycles. The topological polar surface area (TPSA) is 59.5 Å². The van der Waals surface area contributed by atoms with Crippen LogP contribution in [-0.2, 0) is 11.3 Å². The number of ketones is 1. The number of morpholine rings is 1. The number of hydrogen-bond acceptors (Lipinski definition) is 4. The van der Waals surface area contributed by atoms with Crippen molar-refractivity contribution in [1.29, 1.82) is 5.26 Å². The number of hydrogen-bond donors (Lipinski definition) is 1. The number of nitrogens with one attached hydrogen (secondary N) is 1. The fourth-order valence-electron chi connectivity index (χ4n) is 3.56.